The van der Waals surface area contributed by atoms with Crippen LogP contribution < -0.4 is 19.5 Å². The number of H-pyrrole nitrogens is 1. The van der Waals surface area contributed by atoms with E-state index in [-0.39, 0.29) is 12.1 Å². The Balaban J connectivity index is 1.25. The minimum absolute atomic E-state index is 0.0785. The zero-order chi connectivity index (χ0) is 22.5. The Morgan fingerprint density at radius 1 is 1.00 bits per heavy atom. The summed E-state index contributed by atoms with van der Waals surface area (Å²) in [7, 11) is 1.59. The van der Waals surface area contributed by atoms with Gasteiger partial charge in [0.1, 0.15) is 36.7 Å². The fourth-order valence-electron chi connectivity index (χ4n) is 3.49. The first kappa shape index (κ1) is 21.9. The predicted octanol–water partition coefficient (Wildman–Crippen LogP) is 4.02. The molecule has 0 amide bonds. The number of aliphatic hydroxyl groups is 1. The lowest BCUT2D eigenvalue weighted by Crippen LogP contribution is -2.33. The number of ether oxygens (including phenoxy) is 3. The molecule has 0 saturated carbocycles. The highest BCUT2D eigenvalue weighted by atomic mass is 19.1. The van der Waals surface area contributed by atoms with Crippen molar-refractivity contribution in [3.05, 3.63) is 66.2 Å². The Labute approximate surface area is 183 Å². The summed E-state index contributed by atoms with van der Waals surface area (Å²) in [6.07, 6.45) is -0.730. The average Bonchev–Trinajstić information content (AvgIpc) is 3.16. The van der Waals surface area contributed by atoms with Gasteiger partial charge in [-0.15, -0.1) is 0 Å². The van der Waals surface area contributed by atoms with Crippen molar-refractivity contribution in [2.24, 2.45) is 0 Å². The van der Waals surface area contributed by atoms with Crippen LogP contribution in [0.15, 0.2) is 54.6 Å². The van der Waals surface area contributed by atoms with E-state index in [9.17, 15) is 13.9 Å². The van der Waals surface area contributed by atoms with Crippen LogP contribution in [0.1, 0.15) is 0 Å². The van der Waals surface area contributed by atoms with Crippen LogP contribution in [0.3, 0.4) is 0 Å². The van der Waals surface area contributed by atoms with Crippen LogP contribution in [0.25, 0.3) is 21.8 Å². The van der Waals surface area contributed by atoms with Crippen LogP contribution in [-0.4, -0.2) is 49.6 Å². The van der Waals surface area contributed by atoms with E-state index < -0.39 is 17.7 Å². The maximum absolute atomic E-state index is 14.0. The molecule has 0 aliphatic heterocycles. The summed E-state index contributed by atoms with van der Waals surface area (Å²) in [6.45, 7) is 1.36. The molecule has 1 aromatic heterocycles. The highest BCUT2D eigenvalue weighted by Gasteiger charge is 2.12. The molecule has 4 rings (SSSR count). The van der Waals surface area contributed by atoms with Crippen molar-refractivity contribution < 1.29 is 28.1 Å². The number of aliphatic hydroxyl groups excluding tert-OH is 1. The van der Waals surface area contributed by atoms with E-state index in [1.165, 1.54) is 6.07 Å². The molecule has 1 unspecified atom stereocenters. The second-order valence-corrected chi connectivity index (χ2v) is 7.31. The van der Waals surface area contributed by atoms with Crippen LogP contribution in [-0.2, 0) is 0 Å². The minimum Gasteiger partial charge on any atom is -0.493 e. The molecule has 1 atom stereocenters. The fourth-order valence-corrected chi connectivity index (χ4v) is 3.49. The first-order valence-corrected chi connectivity index (χ1v) is 10.2. The van der Waals surface area contributed by atoms with Crippen molar-refractivity contribution in [1.82, 2.24) is 10.3 Å². The Bertz CT molecular complexity index is 1210. The van der Waals surface area contributed by atoms with E-state index in [0.29, 0.717) is 53.2 Å². The number of aromatic amines is 1. The van der Waals surface area contributed by atoms with Crippen molar-refractivity contribution in [2.75, 3.05) is 33.4 Å². The van der Waals surface area contributed by atoms with Gasteiger partial charge in [-0.3, -0.25) is 0 Å². The third-order valence-electron chi connectivity index (χ3n) is 5.02. The summed E-state index contributed by atoms with van der Waals surface area (Å²) in [5.74, 6) is 0.579. The third-order valence-corrected chi connectivity index (χ3v) is 5.02. The van der Waals surface area contributed by atoms with E-state index in [1.54, 1.807) is 25.3 Å². The van der Waals surface area contributed by atoms with Crippen LogP contribution in [0, 0.1) is 11.6 Å². The molecular weight excluding hydrogens is 418 g/mol. The molecule has 32 heavy (non-hydrogen) atoms. The maximum Gasteiger partial charge on any atom is 0.161 e. The number of fused-ring (bicyclic) bond motifs is 3. The quantitative estimate of drug-likeness (QED) is 0.324. The highest BCUT2D eigenvalue weighted by Crippen LogP contribution is 2.30. The van der Waals surface area contributed by atoms with Gasteiger partial charge in [-0.1, -0.05) is 12.1 Å². The number of aromatic nitrogens is 1. The summed E-state index contributed by atoms with van der Waals surface area (Å²) in [6, 6.07) is 14.7. The standard InChI is InChI=1S/C24H24F2N2O4/c1-30-22-4-2-3-5-23(22)31-9-8-27-13-16(29)14-32-17-6-7-18-19-10-15(25)11-20(26)24(19)28-21(18)12-17/h2-7,10-12,16,27-29H,8-9,13-14H2,1H3. The molecule has 1 heterocycles. The number of para-hydroxylation sites is 2. The lowest BCUT2D eigenvalue weighted by Gasteiger charge is -2.14. The Hall–Kier alpha value is -3.36. The molecule has 0 bridgehead atoms. The van der Waals surface area contributed by atoms with E-state index in [1.807, 2.05) is 24.3 Å². The van der Waals surface area contributed by atoms with E-state index in [4.69, 9.17) is 14.2 Å². The molecule has 4 aromatic rings. The minimum atomic E-state index is -0.730. The zero-order valence-corrected chi connectivity index (χ0v) is 17.5. The first-order valence-electron chi connectivity index (χ1n) is 10.2. The van der Waals surface area contributed by atoms with E-state index in [0.717, 1.165) is 6.07 Å². The van der Waals surface area contributed by atoms with Gasteiger partial charge >= 0.3 is 0 Å². The largest absolute Gasteiger partial charge is 0.493 e. The molecule has 3 aromatic carbocycles. The van der Waals surface area contributed by atoms with Gasteiger partial charge in [-0.05, 0) is 30.3 Å². The lowest BCUT2D eigenvalue weighted by molar-refractivity contribution is 0.105. The van der Waals surface area contributed by atoms with Gasteiger partial charge in [0.25, 0.3) is 0 Å². The summed E-state index contributed by atoms with van der Waals surface area (Å²) in [4.78, 5) is 2.95. The number of benzene rings is 3. The van der Waals surface area contributed by atoms with Crippen LogP contribution in [0.4, 0.5) is 8.78 Å². The predicted molar refractivity (Wildman–Crippen MR) is 119 cm³/mol. The fraction of sp³-hybridized carbons (Fsp3) is 0.250. The van der Waals surface area contributed by atoms with Gasteiger partial charge in [0.15, 0.2) is 11.5 Å². The topological polar surface area (TPSA) is 75.7 Å². The molecule has 3 N–H and O–H groups in total. The number of halogens is 2. The number of methoxy groups -OCH3 is 1. The molecule has 0 aliphatic carbocycles. The van der Waals surface area contributed by atoms with Gasteiger partial charge < -0.3 is 29.6 Å². The van der Waals surface area contributed by atoms with Crippen molar-refractivity contribution in [3.8, 4) is 17.2 Å². The number of rotatable bonds is 10. The van der Waals surface area contributed by atoms with E-state index >= 15 is 0 Å². The van der Waals surface area contributed by atoms with Crippen molar-refractivity contribution >= 4 is 21.8 Å². The summed E-state index contributed by atoms with van der Waals surface area (Å²) in [5.41, 5.74) is 0.876. The molecule has 0 radical (unpaired) electrons. The van der Waals surface area contributed by atoms with Gasteiger partial charge in [0, 0.05) is 36.0 Å². The normalized spacial score (nSPS) is 12.2. The average molecular weight is 442 g/mol. The Kier molecular flexibility index (Phi) is 6.72. The molecule has 8 heteroatoms. The van der Waals surface area contributed by atoms with Gasteiger partial charge in [0.05, 0.1) is 18.1 Å². The molecule has 0 fully saturated rings. The molecule has 0 saturated heterocycles. The summed E-state index contributed by atoms with van der Waals surface area (Å²) in [5, 5.41) is 14.4. The Morgan fingerprint density at radius 3 is 2.62 bits per heavy atom. The van der Waals surface area contributed by atoms with Crippen molar-refractivity contribution in [3.63, 3.8) is 0 Å². The number of hydrogen-bond donors (Lipinski definition) is 3. The van der Waals surface area contributed by atoms with Gasteiger partial charge in [-0.2, -0.15) is 0 Å². The molecular formula is C24H24F2N2O4. The smallest absolute Gasteiger partial charge is 0.161 e. The Morgan fingerprint density at radius 2 is 1.81 bits per heavy atom. The van der Waals surface area contributed by atoms with Crippen molar-refractivity contribution in [2.45, 2.75) is 6.10 Å². The second kappa shape index (κ2) is 9.84. The SMILES string of the molecule is COc1ccccc1OCCNCC(O)COc1ccc2c(c1)[nH]c1c(F)cc(F)cc12. The van der Waals surface area contributed by atoms with Crippen molar-refractivity contribution in [1.29, 1.82) is 0 Å². The number of hydrogen-bond acceptors (Lipinski definition) is 5. The van der Waals surface area contributed by atoms with Crippen LogP contribution in [0.5, 0.6) is 17.2 Å². The molecule has 6 nitrogen and oxygen atoms in total. The highest BCUT2D eigenvalue weighted by molar-refractivity contribution is 6.07. The van der Waals surface area contributed by atoms with E-state index in [2.05, 4.69) is 10.3 Å². The third kappa shape index (κ3) is 4.92. The van der Waals surface area contributed by atoms with Gasteiger partial charge in [-0.25, -0.2) is 8.78 Å². The molecule has 168 valence electrons. The number of nitrogens with one attached hydrogen (secondary N) is 2. The molecule has 0 spiro atoms. The summed E-state index contributed by atoms with van der Waals surface area (Å²) >= 11 is 0. The zero-order valence-electron chi connectivity index (χ0n) is 17.5. The second-order valence-electron chi connectivity index (χ2n) is 7.31. The summed E-state index contributed by atoms with van der Waals surface area (Å²) < 4.78 is 44.1. The first-order chi connectivity index (χ1) is 15.5. The van der Waals surface area contributed by atoms with Gasteiger partial charge in [0.2, 0.25) is 0 Å². The van der Waals surface area contributed by atoms with Crippen LogP contribution >= 0.6 is 0 Å². The van der Waals surface area contributed by atoms with Crippen LogP contribution in [0.2, 0.25) is 0 Å². The maximum atomic E-state index is 14.0. The monoisotopic (exact) mass is 442 g/mol. The molecule has 0 aliphatic rings. The lowest BCUT2D eigenvalue weighted by atomic mass is 10.1.